The van der Waals surface area contributed by atoms with E-state index in [2.05, 4.69) is 6.92 Å². The summed E-state index contributed by atoms with van der Waals surface area (Å²) in [5.74, 6) is -2.67. The summed E-state index contributed by atoms with van der Waals surface area (Å²) >= 11 is 0. The summed E-state index contributed by atoms with van der Waals surface area (Å²) in [6.45, 7) is 5.98. The molecule has 0 aromatic carbocycles. The molecule has 2 N–H and O–H groups in total. The number of rotatable bonds is 14. The van der Waals surface area contributed by atoms with Crippen LogP contribution in [0.5, 0.6) is 0 Å². The third-order valence-electron chi connectivity index (χ3n) is 4.20. The molecule has 150 valence electrons. The molecule has 0 saturated heterocycles. The van der Waals surface area contributed by atoms with Crippen molar-refractivity contribution in [2.75, 3.05) is 0 Å². The molecule has 9 heteroatoms. The summed E-state index contributed by atoms with van der Waals surface area (Å²) in [6, 6.07) is 0. The van der Waals surface area contributed by atoms with Crippen molar-refractivity contribution in [2.45, 2.75) is 95.8 Å². The smallest absolute Gasteiger partial charge is 1.00 e. The molecule has 0 saturated carbocycles. The summed E-state index contributed by atoms with van der Waals surface area (Å²) in [5.41, 5.74) is -0.810. The zero-order chi connectivity index (χ0) is 19.5. The van der Waals surface area contributed by atoms with Crippen LogP contribution in [0.3, 0.4) is 0 Å². The fraction of sp³-hybridized carbons (Fsp3) is 0.882. The molecule has 1 unspecified atom stereocenters. The van der Waals surface area contributed by atoms with Gasteiger partial charge in [0, 0.05) is 0 Å². The Labute approximate surface area is 201 Å². The molecule has 0 rings (SSSR count). The van der Waals surface area contributed by atoms with Crippen molar-refractivity contribution in [1.82, 2.24) is 0 Å². The Morgan fingerprint density at radius 1 is 1.00 bits per heavy atom. The van der Waals surface area contributed by atoms with Gasteiger partial charge in [-0.1, -0.05) is 52.9 Å². The van der Waals surface area contributed by atoms with E-state index in [1.165, 1.54) is 0 Å². The molecule has 0 spiro atoms. The number of ether oxygens (including phenoxy) is 1. The van der Waals surface area contributed by atoms with Crippen LogP contribution in [-0.2, 0) is 24.4 Å². The zero-order valence-corrected chi connectivity index (χ0v) is 20.4. The van der Waals surface area contributed by atoms with Gasteiger partial charge in [0.15, 0.2) is 5.25 Å². The van der Waals surface area contributed by atoms with Crippen LogP contribution in [0, 0.1) is 0 Å². The SMILES string of the molecule is CCCCCCC(CCC)(CCC)OC(=O)C(CC(=O)O)S(=O)(=O)O.[H-].[K+]. The fourth-order valence-electron chi connectivity index (χ4n) is 3.06. The third-order valence-corrected chi connectivity index (χ3v) is 5.27. The average Bonchev–Trinajstić information content (AvgIpc) is 2.48. The van der Waals surface area contributed by atoms with E-state index < -0.39 is 39.3 Å². The van der Waals surface area contributed by atoms with Crippen LogP contribution in [0.25, 0.3) is 0 Å². The molecule has 0 amide bonds. The first-order chi connectivity index (χ1) is 11.6. The van der Waals surface area contributed by atoms with E-state index in [0.717, 1.165) is 38.5 Å². The van der Waals surface area contributed by atoms with Crippen LogP contribution in [0.2, 0.25) is 0 Å². The van der Waals surface area contributed by atoms with Crippen molar-refractivity contribution in [2.24, 2.45) is 0 Å². The first-order valence-electron chi connectivity index (χ1n) is 9.02. The molecule has 0 fully saturated rings. The quantitative estimate of drug-likeness (QED) is 0.184. The van der Waals surface area contributed by atoms with Gasteiger partial charge >= 0.3 is 63.3 Å². The summed E-state index contributed by atoms with van der Waals surface area (Å²) in [5, 5.41) is 6.73. The second-order valence-electron chi connectivity index (χ2n) is 6.52. The molecule has 0 aliphatic heterocycles. The minimum atomic E-state index is -4.85. The number of carboxylic acid groups (broad SMARTS) is 1. The predicted octanol–water partition coefficient (Wildman–Crippen LogP) is 0.687. The normalized spacial score (nSPS) is 12.9. The van der Waals surface area contributed by atoms with Crippen LogP contribution in [0.15, 0.2) is 0 Å². The maximum atomic E-state index is 12.4. The van der Waals surface area contributed by atoms with Crippen molar-refractivity contribution in [3.63, 3.8) is 0 Å². The molecule has 0 aromatic heterocycles. The number of unbranched alkanes of at least 4 members (excludes halogenated alkanes) is 3. The molecule has 0 aromatic rings. The molecule has 1 atom stereocenters. The molecule has 0 radical (unpaired) electrons. The summed E-state index contributed by atoms with van der Waals surface area (Å²) in [4.78, 5) is 23.2. The first kappa shape index (κ1) is 28.7. The van der Waals surface area contributed by atoms with Crippen molar-refractivity contribution in [3.05, 3.63) is 0 Å². The van der Waals surface area contributed by atoms with E-state index in [0.29, 0.717) is 19.3 Å². The monoisotopic (exact) mass is 420 g/mol. The van der Waals surface area contributed by atoms with Gasteiger partial charge in [0.25, 0.3) is 10.1 Å². The first-order valence-corrected chi connectivity index (χ1v) is 10.5. The van der Waals surface area contributed by atoms with Crippen LogP contribution in [0.4, 0.5) is 0 Å². The summed E-state index contributed by atoms with van der Waals surface area (Å²) in [6.07, 6.45) is 6.19. The standard InChI is InChI=1S/C17H32O7S.K.H/c1-4-7-8-9-12-17(10-5-2,11-6-3)24-16(20)14(13-15(18)19)25(21,22)23;;/h14H,4-13H2,1-3H3,(H,18,19)(H,21,22,23);;/q;+1;-1. The topological polar surface area (TPSA) is 118 Å². The number of esters is 1. The fourth-order valence-corrected chi connectivity index (χ4v) is 3.71. The van der Waals surface area contributed by atoms with E-state index >= 15 is 0 Å². The van der Waals surface area contributed by atoms with E-state index in [1.807, 2.05) is 13.8 Å². The zero-order valence-electron chi connectivity index (χ0n) is 17.5. The Hall–Kier alpha value is 0.486. The number of carboxylic acids is 1. The van der Waals surface area contributed by atoms with Crippen LogP contribution < -0.4 is 51.4 Å². The van der Waals surface area contributed by atoms with Gasteiger partial charge in [-0.05, 0) is 25.7 Å². The minimum Gasteiger partial charge on any atom is -1.00 e. The molecule has 26 heavy (non-hydrogen) atoms. The van der Waals surface area contributed by atoms with Crippen molar-refractivity contribution in [3.8, 4) is 0 Å². The predicted molar refractivity (Wildman–Crippen MR) is 96.1 cm³/mol. The van der Waals surface area contributed by atoms with Crippen LogP contribution >= 0.6 is 0 Å². The van der Waals surface area contributed by atoms with E-state index in [1.54, 1.807) is 0 Å². The van der Waals surface area contributed by atoms with Crippen LogP contribution in [-0.4, -0.2) is 40.9 Å². The van der Waals surface area contributed by atoms with Gasteiger partial charge in [-0.3, -0.25) is 14.1 Å². The molecule has 0 bridgehead atoms. The maximum Gasteiger partial charge on any atom is 1.00 e. The maximum absolute atomic E-state index is 12.4. The van der Waals surface area contributed by atoms with Gasteiger partial charge < -0.3 is 11.3 Å². The van der Waals surface area contributed by atoms with Gasteiger partial charge in [0.05, 0.1) is 6.42 Å². The van der Waals surface area contributed by atoms with Gasteiger partial charge in [0.2, 0.25) is 0 Å². The largest absolute Gasteiger partial charge is 1.00 e. The van der Waals surface area contributed by atoms with Crippen molar-refractivity contribution < 1.29 is 85.2 Å². The Morgan fingerprint density at radius 2 is 1.54 bits per heavy atom. The molecular formula is C17H33KO7S. The number of carbonyl (C=O) groups is 2. The minimum absolute atomic E-state index is 0. The van der Waals surface area contributed by atoms with Gasteiger partial charge in [0.1, 0.15) is 5.60 Å². The summed E-state index contributed by atoms with van der Waals surface area (Å²) in [7, 11) is -4.85. The van der Waals surface area contributed by atoms with Gasteiger partial charge in [-0.25, -0.2) is 0 Å². The Kier molecular flexibility index (Phi) is 16.0. The number of hydrogen-bond acceptors (Lipinski definition) is 5. The Balaban J connectivity index is -0.00000288. The van der Waals surface area contributed by atoms with Crippen molar-refractivity contribution in [1.29, 1.82) is 0 Å². The third kappa shape index (κ3) is 11.4. The molecular weight excluding hydrogens is 387 g/mol. The number of hydrogen-bond donors (Lipinski definition) is 2. The van der Waals surface area contributed by atoms with Gasteiger partial charge in [-0.15, -0.1) is 0 Å². The van der Waals surface area contributed by atoms with E-state index in [4.69, 9.17) is 9.84 Å². The second-order valence-corrected chi connectivity index (χ2v) is 8.12. The molecule has 0 aliphatic carbocycles. The molecule has 0 aliphatic rings. The van der Waals surface area contributed by atoms with E-state index in [9.17, 15) is 22.6 Å². The molecule has 7 nitrogen and oxygen atoms in total. The second kappa shape index (κ2) is 14.5. The Morgan fingerprint density at radius 3 is 1.92 bits per heavy atom. The van der Waals surface area contributed by atoms with E-state index in [-0.39, 0.29) is 52.8 Å². The summed E-state index contributed by atoms with van der Waals surface area (Å²) < 4.78 is 37.6. The Bertz CT molecular complexity index is 519. The van der Waals surface area contributed by atoms with Crippen molar-refractivity contribution >= 4 is 22.1 Å². The van der Waals surface area contributed by atoms with Crippen LogP contribution in [0.1, 0.15) is 86.4 Å². The number of carbonyl (C=O) groups excluding carboxylic acids is 1. The molecule has 0 heterocycles. The average molecular weight is 421 g/mol. The van der Waals surface area contributed by atoms with Gasteiger partial charge in [-0.2, -0.15) is 8.42 Å². The number of aliphatic carboxylic acids is 1.